The van der Waals surface area contributed by atoms with Gasteiger partial charge in [0, 0.05) is 39.0 Å². The topological polar surface area (TPSA) is 74.8 Å². The van der Waals surface area contributed by atoms with Crippen LogP contribution in [0, 0.1) is 0 Å². The Morgan fingerprint density at radius 1 is 0.920 bits per heavy atom. The average Bonchev–Trinajstić information content (AvgIpc) is 2.59. The predicted molar refractivity (Wildman–Crippen MR) is 98.0 cm³/mol. The highest BCUT2D eigenvalue weighted by Crippen LogP contribution is 2.26. The molecule has 25 heavy (non-hydrogen) atoms. The zero-order chi connectivity index (χ0) is 18.1. The van der Waals surface area contributed by atoms with E-state index in [1.165, 1.54) is 28.1 Å². The lowest BCUT2D eigenvalue weighted by molar-refractivity contribution is 0.197. The van der Waals surface area contributed by atoms with Crippen LogP contribution in [0.2, 0.25) is 0 Å². The fourth-order valence-corrected chi connectivity index (χ4v) is 5.57. The van der Waals surface area contributed by atoms with E-state index < -0.39 is 19.9 Å². The van der Waals surface area contributed by atoms with Crippen molar-refractivity contribution in [1.82, 2.24) is 9.21 Å². The van der Waals surface area contributed by atoms with Crippen LogP contribution in [0.25, 0.3) is 0 Å². The van der Waals surface area contributed by atoms with Crippen LogP contribution in [-0.2, 0) is 32.7 Å². The van der Waals surface area contributed by atoms with E-state index in [2.05, 4.69) is 0 Å². The smallest absolute Gasteiger partial charge is 0.243 e. The standard InChI is InChI=1S/C17H26N2O4S2/c1-24(20,21)13-12-18-8-10-19(11-9-18)25(22,23)17-7-6-15-4-2-3-5-16(15)14-17/h6-7,14H,2-5,8-13H2,1H3. The summed E-state index contributed by atoms with van der Waals surface area (Å²) in [5.74, 6) is 0.116. The number of fused-ring (bicyclic) bond motifs is 1. The summed E-state index contributed by atoms with van der Waals surface area (Å²) < 4.78 is 49.9. The van der Waals surface area contributed by atoms with Crippen LogP contribution in [0.4, 0.5) is 0 Å². The van der Waals surface area contributed by atoms with Crippen molar-refractivity contribution in [3.8, 4) is 0 Å². The molecule has 1 fully saturated rings. The maximum atomic E-state index is 12.9. The molecule has 0 amide bonds. The molecular weight excluding hydrogens is 360 g/mol. The minimum atomic E-state index is -3.47. The van der Waals surface area contributed by atoms with Crippen molar-refractivity contribution in [3.05, 3.63) is 29.3 Å². The van der Waals surface area contributed by atoms with E-state index in [9.17, 15) is 16.8 Å². The lowest BCUT2D eigenvalue weighted by atomic mass is 9.92. The van der Waals surface area contributed by atoms with Crippen LogP contribution in [0.1, 0.15) is 24.0 Å². The van der Waals surface area contributed by atoms with Gasteiger partial charge in [0.1, 0.15) is 9.84 Å². The summed E-state index contributed by atoms with van der Waals surface area (Å²) in [6.07, 6.45) is 5.51. The number of rotatable bonds is 5. The fourth-order valence-electron chi connectivity index (χ4n) is 3.51. The zero-order valence-corrected chi connectivity index (χ0v) is 16.3. The summed E-state index contributed by atoms with van der Waals surface area (Å²) in [6, 6.07) is 5.54. The Kier molecular flexibility index (Phi) is 5.53. The molecule has 0 radical (unpaired) electrons. The number of sulfone groups is 1. The van der Waals surface area contributed by atoms with Crippen LogP contribution in [0.15, 0.2) is 23.1 Å². The van der Waals surface area contributed by atoms with Crippen molar-refractivity contribution in [3.63, 3.8) is 0 Å². The Labute approximate surface area is 150 Å². The van der Waals surface area contributed by atoms with Crippen LogP contribution >= 0.6 is 0 Å². The molecule has 8 heteroatoms. The third kappa shape index (κ3) is 4.61. The molecule has 1 aliphatic carbocycles. The van der Waals surface area contributed by atoms with Gasteiger partial charge in [-0.25, -0.2) is 16.8 Å². The SMILES string of the molecule is CS(=O)(=O)CCN1CCN(S(=O)(=O)c2ccc3c(c2)CCCC3)CC1. The molecule has 3 rings (SSSR count). The summed E-state index contributed by atoms with van der Waals surface area (Å²) >= 11 is 0. The number of aryl methyl sites for hydroxylation is 2. The molecule has 140 valence electrons. The van der Waals surface area contributed by atoms with Crippen molar-refractivity contribution >= 4 is 19.9 Å². The number of hydrogen-bond donors (Lipinski definition) is 0. The Bertz CT molecular complexity index is 826. The quantitative estimate of drug-likeness (QED) is 0.752. The van der Waals surface area contributed by atoms with E-state index >= 15 is 0 Å². The van der Waals surface area contributed by atoms with Gasteiger partial charge in [-0.05, 0) is 48.9 Å². The van der Waals surface area contributed by atoms with Gasteiger partial charge in [-0.1, -0.05) is 6.07 Å². The molecule has 0 atom stereocenters. The molecule has 1 aromatic carbocycles. The lowest BCUT2D eigenvalue weighted by Crippen LogP contribution is -2.49. The number of sulfonamides is 1. The first-order valence-corrected chi connectivity index (χ1v) is 12.3. The monoisotopic (exact) mass is 386 g/mol. The summed E-state index contributed by atoms with van der Waals surface area (Å²) in [6.45, 7) is 2.41. The van der Waals surface area contributed by atoms with Crippen LogP contribution in [0.5, 0.6) is 0 Å². The first kappa shape index (κ1) is 18.8. The maximum absolute atomic E-state index is 12.9. The lowest BCUT2D eigenvalue weighted by Gasteiger charge is -2.34. The minimum Gasteiger partial charge on any atom is -0.300 e. The Balaban J connectivity index is 1.66. The first-order chi connectivity index (χ1) is 11.8. The number of nitrogens with zero attached hydrogens (tertiary/aromatic N) is 2. The molecule has 1 saturated heterocycles. The Hall–Kier alpha value is -0.960. The highest BCUT2D eigenvalue weighted by Gasteiger charge is 2.29. The van der Waals surface area contributed by atoms with E-state index in [0.29, 0.717) is 37.6 Å². The van der Waals surface area contributed by atoms with E-state index in [1.54, 1.807) is 6.07 Å². The molecule has 1 aromatic rings. The van der Waals surface area contributed by atoms with E-state index in [1.807, 2.05) is 17.0 Å². The second kappa shape index (κ2) is 7.34. The third-order valence-corrected chi connectivity index (χ3v) is 7.89. The third-order valence-electron chi connectivity index (χ3n) is 5.07. The minimum absolute atomic E-state index is 0.116. The first-order valence-electron chi connectivity index (χ1n) is 8.78. The molecule has 6 nitrogen and oxygen atoms in total. The summed E-state index contributed by atoms with van der Waals surface area (Å²) in [4.78, 5) is 2.40. The highest BCUT2D eigenvalue weighted by atomic mass is 32.2. The van der Waals surface area contributed by atoms with Crippen molar-refractivity contribution in [1.29, 1.82) is 0 Å². The Morgan fingerprint density at radius 3 is 2.20 bits per heavy atom. The van der Waals surface area contributed by atoms with Crippen LogP contribution in [-0.4, -0.2) is 70.8 Å². The zero-order valence-electron chi connectivity index (χ0n) is 14.6. The summed E-state index contributed by atoms with van der Waals surface area (Å²) in [5.41, 5.74) is 2.44. The van der Waals surface area contributed by atoms with Gasteiger partial charge in [0.15, 0.2) is 0 Å². The van der Waals surface area contributed by atoms with Gasteiger partial charge in [0.25, 0.3) is 0 Å². The van der Waals surface area contributed by atoms with Crippen molar-refractivity contribution < 1.29 is 16.8 Å². The van der Waals surface area contributed by atoms with E-state index in [4.69, 9.17) is 0 Å². The molecule has 0 bridgehead atoms. The number of hydrogen-bond acceptors (Lipinski definition) is 5. The van der Waals surface area contributed by atoms with Crippen LogP contribution < -0.4 is 0 Å². The largest absolute Gasteiger partial charge is 0.300 e. The van der Waals surface area contributed by atoms with Gasteiger partial charge in [-0.2, -0.15) is 4.31 Å². The van der Waals surface area contributed by atoms with Crippen molar-refractivity contribution in [2.45, 2.75) is 30.6 Å². The normalized spacial score (nSPS) is 20.4. The molecule has 2 aliphatic rings. The van der Waals surface area contributed by atoms with E-state index in [-0.39, 0.29) is 5.75 Å². The summed E-state index contributed by atoms with van der Waals surface area (Å²) in [5, 5.41) is 0. The van der Waals surface area contributed by atoms with Gasteiger partial charge in [0.2, 0.25) is 10.0 Å². The Morgan fingerprint density at radius 2 is 1.56 bits per heavy atom. The molecule has 0 saturated carbocycles. The molecule has 1 aliphatic heterocycles. The summed E-state index contributed by atoms with van der Waals surface area (Å²) in [7, 11) is -6.46. The molecule has 0 spiro atoms. The van der Waals surface area contributed by atoms with Crippen molar-refractivity contribution in [2.24, 2.45) is 0 Å². The molecule has 0 N–H and O–H groups in total. The number of piperazine rings is 1. The molecular formula is C17H26N2O4S2. The van der Waals surface area contributed by atoms with E-state index in [0.717, 1.165) is 19.3 Å². The second-order valence-electron chi connectivity index (χ2n) is 7.01. The maximum Gasteiger partial charge on any atom is 0.243 e. The average molecular weight is 387 g/mol. The second-order valence-corrected chi connectivity index (χ2v) is 11.2. The van der Waals surface area contributed by atoms with Gasteiger partial charge < -0.3 is 0 Å². The molecule has 1 heterocycles. The van der Waals surface area contributed by atoms with Crippen LogP contribution in [0.3, 0.4) is 0 Å². The molecule has 0 aromatic heterocycles. The number of benzene rings is 1. The van der Waals surface area contributed by atoms with Gasteiger partial charge in [-0.15, -0.1) is 0 Å². The van der Waals surface area contributed by atoms with Gasteiger partial charge >= 0.3 is 0 Å². The van der Waals surface area contributed by atoms with Gasteiger partial charge in [0.05, 0.1) is 10.6 Å². The van der Waals surface area contributed by atoms with Crippen molar-refractivity contribution in [2.75, 3.05) is 44.7 Å². The highest BCUT2D eigenvalue weighted by molar-refractivity contribution is 7.90. The predicted octanol–water partition coefficient (Wildman–Crippen LogP) is 0.916. The fraction of sp³-hybridized carbons (Fsp3) is 0.647. The van der Waals surface area contributed by atoms with Gasteiger partial charge in [-0.3, -0.25) is 4.90 Å². The molecule has 0 unspecified atom stereocenters.